The van der Waals surface area contributed by atoms with Gasteiger partial charge in [0.2, 0.25) is 21.8 Å². The molecule has 192 valence electrons. The molecule has 0 fully saturated rings. The van der Waals surface area contributed by atoms with Crippen molar-refractivity contribution in [2.45, 2.75) is 63.3 Å². The lowest BCUT2D eigenvalue weighted by atomic mass is 10.1. The third kappa shape index (κ3) is 8.78. The van der Waals surface area contributed by atoms with Gasteiger partial charge in [-0.1, -0.05) is 68.8 Å². The lowest BCUT2D eigenvalue weighted by Gasteiger charge is -2.31. The summed E-state index contributed by atoms with van der Waals surface area (Å²) in [6.07, 6.45) is 3.57. The molecular weight excluding hydrogens is 462 g/mol. The average Bonchev–Trinajstić information content (AvgIpc) is 2.87. The summed E-state index contributed by atoms with van der Waals surface area (Å²) in [5, 5.41) is 2.96. The highest BCUT2D eigenvalue weighted by molar-refractivity contribution is 7.89. The number of hydrogen-bond acceptors (Lipinski definition) is 4. The number of carbonyl (C=O) groups excluding carboxylic acids is 2. The summed E-state index contributed by atoms with van der Waals surface area (Å²) >= 11 is 0. The molecule has 0 aliphatic heterocycles. The van der Waals surface area contributed by atoms with Crippen LogP contribution in [-0.2, 0) is 26.0 Å². The summed E-state index contributed by atoms with van der Waals surface area (Å²) in [4.78, 5) is 28.1. The Labute approximate surface area is 210 Å². The quantitative estimate of drug-likeness (QED) is 0.376. The second-order valence-corrected chi connectivity index (χ2v) is 10.7. The van der Waals surface area contributed by atoms with Crippen LogP contribution in [0.3, 0.4) is 0 Å². The Kier molecular flexibility index (Phi) is 11.9. The predicted molar refractivity (Wildman–Crippen MR) is 139 cm³/mol. The van der Waals surface area contributed by atoms with Crippen LogP contribution < -0.4 is 5.32 Å². The fourth-order valence-electron chi connectivity index (χ4n) is 3.89. The van der Waals surface area contributed by atoms with Gasteiger partial charge in [-0.2, -0.15) is 0 Å². The van der Waals surface area contributed by atoms with Gasteiger partial charge in [0, 0.05) is 33.1 Å². The number of benzene rings is 2. The van der Waals surface area contributed by atoms with Crippen molar-refractivity contribution in [1.82, 2.24) is 14.5 Å². The molecule has 0 aliphatic rings. The smallest absolute Gasteiger partial charge is 0.242 e. The van der Waals surface area contributed by atoms with Crippen LogP contribution in [0.25, 0.3) is 0 Å². The zero-order chi connectivity index (χ0) is 25.7. The van der Waals surface area contributed by atoms with Crippen LogP contribution in [-0.4, -0.2) is 62.2 Å². The van der Waals surface area contributed by atoms with Crippen LogP contribution in [0, 0.1) is 0 Å². The second kappa shape index (κ2) is 14.6. The molecule has 1 unspecified atom stereocenters. The van der Waals surface area contributed by atoms with Crippen molar-refractivity contribution in [2.24, 2.45) is 0 Å². The van der Waals surface area contributed by atoms with Crippen LogP contribution in [0.1, 0.15) is 51.5 Å². The van der Waals surface area contributed by atoms with Crippen molar-refractivity contribution in [3.05, 3.63) is 66.2 Å². The topological polar surface area (TPSA) is 86.8 Å². The maximum Gasteiger partial charge on any atom is 0.242 e. The molecule has 35 heavy (non-hydrogen) atoms. The number of rotatable bonds is 15. The number of amides is 2. The van der Waals surface area contributed by atoms with E-state index in [1.165, 1.54) is 11.4 Å². The van der Waals surface area contributed by atoms with Gasteiger partial charge in [-0.05, 0) is 43.4 Å². The standard InChI is InChI=1S/C27H39N3O4S/c1-4-6-20-28-27(32)25(5-2)30(22-19-23-14-9-7-10-15-23)26(31)18-13-21-29(3)35(33,34)24-16-11-8-12-17-24/h7-12,14-17,25H,4-6,13,18-22H2,1-3H3,(H,28,32). The summed E-state index contributed by atoms with van der Waals surface area (Å²) in [6.45, 7) is 5.21. The predicted octanol–water partition coefficient (Wildman–Crippen LogP) is 3.85. The molecule has 2 amide bonds. The van der Waals surface area contributed by atoms with Gasteiger partial charge in [0.05, 0.1) is 4.90 Å². The van der Waals surface area contributed by atoms with E-state index in [1.807, 2.05) is 37.3 Å². The van der Waals surface area contributed by atoms with Crippen LogP contribution in [0.4, 0.5) is 0 Å². The Morgan fingerprint density at radius 1 is 0.914 bits per heavy atom. The first-order valence-corrected chi connectivity index (χ1v) is 13.9. The molecule has 0 aromatic heterocycles. The maximum absolute atomic E-state index is 13.3. The fourth-order valence-corrected chi connectivity index (χ4v) is 5.12. The largest absolute Gasteiger partial charge is 0.354 e. The van der Waals surface area contributed by atoms with E-state index in [1.54, 1.807) is 35.2 Å². The molecule has 1 N–H and O–H groups in total. The summed E-state index contributed by atoms with van der Waals surface area (Å²) in [6, 6.07) is 17.6. The molecule has 8 heteroatoms. The number of hydrogen-bond donors (Lipinski definition) is 1. The van der Waals surface area contributed by atoms with Crippen molar-refractivity contribution in [3.63, 3.8) is 0 Å². The Bertz CT molecular complexity index is 1010. The van der Waals surface area contributed by atoms with Gasteiger partial charge in [-0.3, -0.25) is 9.59 Å². The molecule has 1 atom stereocenters. The van der Waals surface area contributed by atoms with Gasteiger partial charge < -0.3 is 10.2 Å². The highest BCUT2D eigenvalue weighted by Gasteiger charge is 2.28. The van der Waals surface area contributed by atoms with Crippen LogP contribution >= 0.6 is 0 Å². The second-order valence-electron chi connectivity index (χ2n) is 8.63. The van der Waals surface area contributed by atoms with Crippen LogP contribution in [0.15, 0.2) is 65.6 Å². The van der Waals surface area contributed by atoms with E-state index in [-0.39, 0.29) is 29.7 Å². The SMILES string of the molecule is CCCCNC(=O)C(CC)N(CCc1ccccc1)C(=O)CCCN(C)S(=O)(=O)c1ccccc1. The summed E-state index contributed by atoms with van der Waals surface area (Å²) < 4.78 is 26.8. The van der Waals surface area contributed by atoms with Crippen LogP contribution in [0.5, 0.6) is 0 Å². The fraction of sp³-hybridized carbons (Fsp3) is 0.481. The lowest BCUT2D eigenvalue weighted by Crippen LogP contribution is -2.50. The van der Waals surface area contributed by atoms with Crippen molar-refractivity contribution < 1.29 is 18.0 Å². The Morgan fingerprint density at radius 2 is 1.54 bits per heavy atom. The Balaban J connectivity index is 2.05. The highest BCUT2D eigenvalue weighted by atomic mass is 32.2. The Morgan fingerprint density at radius 3 is 2.14 bits per heavy atom. The van der Waals surface area contributed by atoms with Gasteiger partial charge in [0.25, 0.3) is 0 Å². The summed E-state index contributed by atoms with van der Waals surface area (Å²) in [5.41, 5.74) is 1.10. The zero-order valence-corrected chi connectivity index (χ0v) is 22.0. The van der Waals surface area contributed by atoms with Gasteiger partial charge in [-0.25, -0.2) is 12.7 Å². The van der Waals surface area contributed by atoms with Gasteiger partial charge in [-0.15, -0.1) is 0 Å². The van der Waals surface area contributed by atoms with Crippen molar-refractivity contribution in [1.29, 1.82) is 0 Å². The first-order chi connectivity index (χ1) is 16.8. The van der Waals surface area contributed by atoms with Crippen molar-refractivity contribution >= 4 is 21.8 Å². The molecule has 2 rings (SSSR count). The molecule has 0 saturated heterocycles. The number of sulfonamides is 1. The Hall–Kier alpha value is -2.71. The number of unbranched alkanes of at least 4 members (excludes halogenated alkanes) is 1. The van der Waals surface area contributed by atoms with E-state index < -0.39 is 16.1 Å². The molecule has 0 saturated carbocycles. The van der Waals surface area contributed by atoms with E-state index in [0.29, 0.717) is 32.4 Å². The molecule has 0 spiro atoms. The first-order valence-electron chi connectivity index (χ1n) is 12.4. The van der Waals surface area contributed by atoms with E-state index in [9.17, 15) is 18.0 Å². The number of nitrogens with one attached hydrogen (secondary N) is 1. The molecule has 2 aromatic rings. The molecule has 7 nitrogen and oxygen atoms in total. The van der Waals surface area contributed by atoms with E-state index >= 15 is 0 Å². The number of carbonyl (C=O) groups is 2. The third-order valence-electron chi connectivity index (χ3n) is 6.01. The average molecular weight is 502 g/mol. The minimum Gasteiger partial charge on any atom is -0.354 e. The summed E-state index contributed by atoms with van der Waals surface area (Å²) in [7, 11) is -2.08. The van der Waals surface area contributed by atoms with Crippen LogP contribution in [0.2, 0.25) is 0 Å². The minimum absolute atomic E-state index is 0.133. The zero-order valence-electron chi connectivity index (χ0n) is 21.2. The number of nitrogens with zero attached hydrogens (tertiary/aromatic N) is 2. The van der Waals surface area contributed by atoms with Crippen molar-refractivity contribution in [3.8, 4) is 0 Å². The van der Waals surface area contributed by atoms with Gasteiger partial charge in [0.15, 0.2) is 0 Å². The molecule has 0 radical (unpaired) electrons. The monoisotopic (exact) mass is 501 g/mol. The molecule has 0 heterocycles. The van der Waals surface area contributed by atoms with E-state index in [4.69, 9.17) is 0 Å². The van der Waals surface area contributed by atoms with Gasteiger partial charge >= 0.3 is 0 Å². The molecular formula is C27H39N3O4S. The van der Waals surface area contributed by atoms with E-state index in [0.717, 1.165) is 18.4 Å². The third-order valence-corrected chi connectivity index (χ3v) is 7.89. The molecule has 0 bridgehead atoms. The lowest BCUT2D eigenvalue weighted by molar-refractivity contribution is -0.140. The summed E-state index contributed by atoms with van der Waals surface area (Å²) in [5.74, 6) is -0.268. The first kappa shape index (κ1) is 28.5. The highest BCUT2D eigenvalue weighted by Crippen LogP contribution is 2.16. The minimum atomic E-state index is -3.61. The van der Waals surface area contributed by atoms with E-state index in [2.05, 4.69) is 12.2 Å². The van der Waals surface area contributed by atoms with Crippen molar-refractivity contribution in [2.75, 3.05) is 26.7 Å². The maximum atomic E-state index is 13.3. The molecule has 0 aliphatic carbocycles. The normalized spacial score (nSPS) is 12.3. The van der Waals surface area contributed by atoms with Gasteiger partial charge in [0.1, 0.15) is 6.04 Å². The molecule has 2 aromatic carbocycles.